The van der Waals surface area contributed by atoms with Crippen LogP contribution in [0.15, 0.2) is 41.3 Å². The largest absolute Gasteiger partial charge is 0.361 e. The lowest BCUT2D eigenvalue weighted by atomic mass is 10.2. The molecule has 1 unspecified atom stereocenters. The molecule has 0 radical (unpaired) electrons. The summed E-state index contributed by atoms with van der Waals surface area (Å²) in [4.78, 5) is 10.7. The number of aromatic nitrogens is 1. The van der Waals surface area contributed by atoms with Crippen molar-refractivity contribution in [3.63, 3.8) is 0 Å². The smallest absolute Gasteiger partial charge is 0.184 e. The minimum atomic E-state index is -0.794. The van der Waals surface area contributed by atoms with Crippen molar-refractivity contribution in [2.24, 2.45) is 16.5 Å². The molecule has 1 aliphatic rings. The Hall–Kier alpha value is -1.92. The third-order valence-corrected chi connectivity index (χ3v) is 3.25. The summed E-state index contributed by atoms with van der Waals surface area (Å²) in [5.74, 6) is 0.157. The molecule has 0 fully saturated rings. The van der Waals surface area contributed by atoms with Crippen LogP contribution in [0, 0.1) is 0 Å². The zero-order chi connectivity index (χ0) is 14.4. The van der Waals surface area contributed by atoms with Crippen LogP contribution in [0.25, 0.3) is 0 Å². The number of aliphatic imine (C=N–C) groups is 1. The van der Waals surface area contributed by atoms with Crippen LogP contribution in [0.5, 0.6) is 0 Å². The van der Waals surface area contributed by atoms with Crippen LogP contribution in [-0.4, -0.2) is 42.0 Å². The van der Waals surface area contributed by atoms with Crippen LogP contribution in [0.1, 0.15) is 12.1 Å². The second-order valence-electron chi connectivity index (χ2n) is 4.91. The first kappa shape index (κ1) is 14.5. The Kier molecular flexibility index (Phi) is 4.70. The van der Waals surface area contributed by atoms with E-state index in [0.29, 0.717) is 13.0 Å². The molecule has 0 saturated carbocycles. The second-order valence-corrected chi connectivity index (χ2v) is 4.91. The highest BCUT2D eigenvalue weighted by atomic mass is 15.3. The Morgan fingerprint density at radius 3 is 2.95 bits per heavy atom. The number of nitrogens with one attached hydrogen (secondary N) is 1. The highest BCUT2D eigenvalue weighted by Crippen LogP contribution is 2.12. The summed E-state index contributed by atoms with van der Waals surface area (Å²) >= 11 is 0. The lowest BCUT2D eigenvalue weighted by Crippen LogP contribution is -2.56. The van der Waals surface area contributed by atoms with Gasteiger partial charge in [0.1, 0.15) is 5.82 Å². The average Bonchev–Trinajstić information content (AvgIpc) is 2.46. The molecule has 1 atom stereocenters. The van der Waals surface area contributed by atoms with Crippen LogP contribution in [0.3, 0.4) is 0 Å². The molecule has 0 saturated heterocycles. The van der Waals surface area contributed by atoms with Crippen molar-refractivity contribution in [3.05, 3.63) is 42.0 Å². The fourth-order valence-corrected chi connectivity index (χ4v) is 2.06. The van der Waals surface area contributed by atoms with Crippen LogP contribution >= 0.6 is 0 Å². The van der Waals surface area contributed by atoms with Gasteiger partial charge in [-0.25, -0.2) is 0 Å². The minimum absolute atomic E-state index is 0.492. The summed E-state index contributed by atoms with van der Waals surface area (Å²) in [5, 5.41) is 3.23. The maximum absolute atomic E-state index is 6.14. The van der Waals surface area contributed by atoms with Gasteiger partial charge in [0.2, 0.25) is 0 Å². The number of hydrogen-bond donors (Lipinski definition) is 3. The predicted octanol–water partition coefficient (Wildman–Crippen LogP) is 0.0326. The van der Waals surface area contributed by atoms with Crippen molar-refractivity contribution in [1.82, 2.24) is 15.2 Å². The summed E-state index contributed by atoms with van der Waals surface area (Å²) in [7, 11) is 2.02. The van der Waals surface area contributed by atoms with E-state index in [1.165, 1.54) is 0 Å². The topological polar surface area (TPSA) is 92.6 Å². The standard InChI is InChI=1S/C14H22N6/c1-20(11-6-12-4-2-3-9-17-12)13-5-10-18-14(16,19-13)7-8-15/h2-5,9-10,19H,6-8,11,15-16H2,1H3. The van der Waals surface area contributed by atoms with Gasteiger partial charge in [0.15, 0.2) is 5.79 Å². The van der Waals surface area contributed by atoms with Crippen LogP contribution in [0.4, 0.5) is 0 Å². The molecular weight excluding hydrogens is 252 g/mol. The Bertz CT molecular complexity index is 484. The van der Waals surface area contributed by atoms with Gasteiger partial charge in [-0.3, -0.25) is 15.7 Å². The van der Waals surface area contributed by atoms with Crippen LogP contribution in [-0.2, 0) is 6.42 Å². The van der Waals surface area contributed by atoms with Gasteiger partial charge in [-0.05, 0) is 24.8 Å². The SMILES string of the molecule is CN(CCc1ccccn1)C1=CC=NC(N)(CCN)N1. The first-order valence-electron chi connectivity index (χ1n) is 6.77. The molecule has 6 heteroatoms. The summed E-state index contributed by atoms with van der Waals surface area (Å²) in [5.41, 5.74) is 12.8. The third-order valence-electron chi connectivity index (χ3n) is 3.25. The maximum atomic E-state index is 6.14. The number of nitrogens with two attached hydrogens (primary N) is 2. The normalized spacial score (nSPS) is 21.2. The first-order chi connectivity index (χ1) is 9.63. The third kappa shape index (κ3) is 3.79. The van der Waals surface area contributed by atoms with E-state index in [2.05, 4.69) is 20.2 Å². The molecule has 2 heterocycles. The molecular formula is C14H22N6. The van der Waals surface area contributed by atoms with Crippen molar-refractivity contribution in [2.45, 2.75) is 18.6 Å². The molecule has 0 aliphatic carbocycles. The van der Waals surface area contributed by atoms with Crippen LogP contribution < -0.4 is 16.8 Å². The Morgan fingerprint density at radius 2 is 2.25 bits per heavy atom. The molecule has 1 aromatic rings. The van der Waals surface area contributed by atoms with Gasteiger partial charge in [0.05, 0.1) is 0 Å². The van der Waals surface area contributed by atoms with Crippen molar-refractivity contribution < 1.29 is 0 Å². The van der Waals surface area contributed by atoms with E-state index >= 15 is 0 Å². The summed E-state index contributed by atoms with van der Waals surface area (Å²) in [6.07, 6.45) is 6.93. The molecule has 108 valence electrons. The highest BCUT2D eigenvalue weighted by Gasteiger charge is 2.26. The molecule has 20 heavy (non-hydrogen) atoms. The van der Waals surface area contributed by atoms with E-state index in [1.54, 1.807) is 6.21 Å². The van der Waals surface area contributed by atoms with Crippen molar-refractivity contribution in [2.75, 3.05) is 20.1 Å². The number of rotatable bonds is 6. The fraction of sp³-hybridized carbons (Fsp3) is 0.429. The molecule has 6 nitrogen and oxygen atoms in total. The van der Waals surface area contributed by atoms with E-state index in [0.717, 1.165) is 24.5 Å². The van der Waals surface area contributed by atoms with E-state index < -0.39 is 5.79 Å². The van der Waals surface area contributed by atoms with E-state index in [4.69, 9.17) is 11.5 Å². The zero-order valence-corrected chi connectivity index (χ0v) is 11.8. The molecule has 0 bridgehead atoms. The van der Waals surface area contributed by atoms with Crippen LogP contribution in [0.2, 0.25) is 0 Å². The summed E-state index contributed by atoms with van der Waals surface area (Å²) in [6.45, 7) is 1.34. The van der Waals surface area contributed by atoms with Crippen molar-refractivity contribution in [3.8, 4) is 0 Å². The molecule has 5 N–H and O–H groups in total. The lowest BCUT2D eigenvalue weighted by molar-refractivity contribution is 0.289. The first-order valence-corrected chi connectivity index (χ1v) is 6.77. The van der Waals surface area contributed by atoms with Gasteiger partial charge in [-0.1, -0.05) is 6.07 Å². The Balaban J connectivity index is 1.91. The Morgan fingerprint density at radius 1 is 1.40 bits per heavy atom. The van der Waals surface area contributed by atoms with Gasteiger partial charge in [-0.2, -0.15) is 0 Å². The van der Waals surface area contributed by atoms with E-state index in [1.807, 2.05) is 37.5 Å². The minimum Gasteiger partial charge on any atom is -0.361 e. The fourth-order valence-electron chi connectivity index (χ4n) is 2.06. The number of nitrogens with zero attached hydrogens (tertiary/aromatic N) is 3. The van der Waals surface area contributed by atoms with Gasteiger partial charge < -0.3 is 16.0 Å². The molecule has 1 aliphatic heterocycles. The maximum Gasteiger partial charge on any atom is 0.184 e. The number of hydrogen-bond acceptors (Lipinski definition) is 6. The zero-order valence-electron chi connectivity index (χ0n) is 11.8. The summed E-state index contributed by atoms with van der Waals surface area (Å²) in [6, 6.07) is 5.95. The molecule has 0 spiro atoms. The molecule has 0 aromatic carbocycles. The summed E-state index contributed by atoms with van der Waals surface area (Å²) < 4.78 is 0. The average molecular weight is 274 g/mol. The molecule has 1 aromatic heterocycles. The van der Waals surface area contributed by atoms with E-state index in [-0.39, 0.29) is 0 Å². The quantitative estimate of drug-likeness (QED) is 0.681. The number of allylic oxidation sites excluding steroid dienone is 1. The van der Waals surface area contributed by atoms with Gasteiger partial charge in [0.25, 0.3) is 0 Å². The number of pyridine rings is 1. The van der Waals surface area contributed by atoms with Gasteiger partial charge in [-0.15, -0.1) is 0 Å². The van der Waals surface area contributed by atoms with Gasteiger partial charge >= 0.3 is 0 Å². The Labute approximate surface area is 119 Å². The highest BCUT2D eigenvalue weighted by molar-refractivity contribution is 5.73. The van der Waals surface area contributed by atoms with Crippen molar-refractivity contribution in [1.29, 1.82) is 0 Å². The molecule has 2 rings (SSSR count). The number of likely N-dealkylation sites (N-methyl/N-ethyl adjacent to an activating group) is 1. The monoisotopic (exact) mass is 274 g/mol. The van der Waals surface area contributed by atoms with Gasteiger partial charge in [0, 0.05) is 44.5 Å². The molecule has 0 amide bonds. The second kappa shape index (κ2) is 6.49. The van der Waals surface area contributed by atoms with Crippen molar-refractivity contribution >= 4 is 6.21 Å². The lowest BCUT2D eigenvalue weighted by Gasteiger charge is -2.34. The predicted molar refractivity (Wildman–Crippen MR) is 80.9 cm³/mol. The van der Waals surface area contributed by atoms with E-state index in [9.17, 15) is 0 Å².